The van der Waals surface area contributed by atoms with E-state index in [1.807, 2.05) is 12.2 Å². The van der Waals surface area contributed by atoms with Gasteiger partial charge in [-0.3, -0.25) is 4.79 Å². The van der Waals surface area contributed by atoms with Crippen molar-refractivity contribution >= 4 is 5.78 Å². The van der Waals surface area contributed by atoms with Gasteiger partial charge in [-0.05, 0) is 18.1 Å². The van der Waals surface area contributed by atoms with Crippen LogP contribution in [0, 0.1) is 0 Å². The van der Waals surface area contributed by atoms with Crippen molar-refractivity contribution in [3.05, 3.63) is 23.5 Å². The molecule has 0 aliphatic heterocycles. The van der Waals surface area contributed by atoms with Gasteiger partial charge >= 0.3 is 0 Å². The number of carbonyl (C=O) groups excluding carboxylic acids is 1. The minimum absolute atomic E-state index is 0.0738. The fraction of sp³-hybridized carbons (Fsp3) is 0.444. The summed E-state index contributed by atoms with van der Waals surface area (Å²) >= 11 is 0. The molecule has 0 aromatic rings. The Bertz CT molecular complexity index is 224. The zero-order valence-corrected chi connectivity index (χ0v) is 6.89. The average molecular weight is 152 g/mol. The van der Waals surface area contributed by atoms with Crippen molar-refractivity contribution in [3.8, 4) is 0 Å². The Morgan fingerprint density at radius 1 is 1.64 bits per heavy atom. The summed E-state index contributed by atoms with van der Waals surface area (Å²) in [5.74, 6) is 0.564. The summed E-state index contributed by atoms with van der Waals surface area (Å²) in [5.41, 5.74) is 1.18. The van der Waals surface area contributed by atoms with E-state index in [2.05, 4.69) is 6.92 Å². The number of methoxy groups -OCH3 is 1. The van der Waals surface area contributed by atoms with E-state index in [1.165, 1.54) is 12.7 Å². The molecule has 0 fully saturated rings. The summed E-state index contributed by atoms with van der Waals surface area (Å²) < 4.78 is 4.91. The Kier molecular flexibility index (Phi) is 2.47. The van der Waals surface area contributed by atoms with Crippen LogP contribution in [0.1, 0.15) is 19.8 Å². The Hall–Kier alpha value is -1.05. The van der Waals surface area contributed by atoms with Crippen LogP contribution in [0.25, 0.3) is 0 Å². The first kappa shape index (κ1) is 8.05. The predicted octanol–water partition coefficient (Wildman–Crippen LogP) is 1.83. The van der Waals surface area contributed by atoms with Crippen molar-refractivity contribution in [2.75, 3.05) is 7.11 Å². The Morgan fingerprint density at radius 3 is 2.91 bits per heavy atom. The largest absolute Gasteiger partial charge is 0.493 e. The second kappa shape index (κ2) is 3.37. The molecule has 0 atom stereocenters. The highest BCUT2D eigenvalue weighted by molar-refractivity contribution is 5.96. The summed E-state index contributed by atoms with van der Waals surface area (Å²) in [4.78, 5) is 11.0. The maximum atomic E-state index is 11.0. The minimum Gasteiger partial charge on any atom is -0.493 e. The zero-order valence-electron chi connectivity index (χ0n) is 6.89. The van der Waals surface area contributed by atoms with Crippen LogP contribution in [-0.4, -0.2) is 12.9 Å². The molecule has 1 aliphatic rings. The normalized spacial score (nSPS) is 17.5. The Morgan fingerprint density at radius 2 is 2.36 bits per heavy atom. The first-order valence-electron chi connectivity index (χ1n) is 3.75. The molecule has 0 N–H and O–H groups in total. The standard InChI is InChI=1S/C9H12O2/c1-3-7-4-5-8(10)9(6-7)11-2/h4,6H,3,5H2,1-2H3. The number of hydrogen-bond acceptors (Lipinski definition) is 2. The Balaban J connectivity index is 2.80. The molecular formula is C9H12O2. The number of allylic oxidation sites excluding steroid dienone is 4. The van der Waals surface area contributed by atoms with Crippen molar-refractivity contribution < 1.29 is 9.53 Å². The highest BCUT2D eigenvalue weighted by Gasteiger charge is 2.12. The van der Waals surface area contributed by atoms with E-state index in [9.17, 15) is 4.79 Å². The van der Waals surface area contributed by atoms with Crippen LogP contribution >= 0.6 is 0 Å². The molecule has 2 nitrogen and oxygen atoms in total. The van der Waals surface area contributed by atoms with Crippen LogP contribution in [0.5, 0.6) is 0 Å². The van der Waals surface area contributed by atoms with Gasteiger partial charge in [0.05, 0.1) is 7.11 Å². The molecule has 0 amide bonds. The highest BCUT2D eigenvalue weighted by Crippen LogP contribution is 2.16. The summed E-state index contributed by atoms with van der Waals surface area (Å²) in [6.07, 6.45) is 5.21. The van der Waals surface area contributed by atoms with E-state index < -0.39 is 0 Å². The van der Waals surface area contributed by atoms with Gasteiger partial charge in [-0.2, -0.15) is 0 Å². The predicted molar refractivity (Wildman–Crippen MR) is 43.1 cm³/mol. The van der Waals surface area contributed by atoms with E-state index in [4.69, 9.17) is 4.74 Å². The van der Waals surface area contributed by atoms with E-state index in [0.717, 1.165) is 6.42 Å². The summed E-state index contributed by atoms with van der Waals surface area (Å²) in [7, 11) is 1.53. The summed E-state index contributed by atoms with van der Waals surface area (Å²) in [6, 6.07) is 0. The summed E-state index contributed by atoms with van der Waals surface area (Å²) in [6.45, 7) is 2.06. The van der Waals surface area contributed by atoms with E-state index >= 15 is 0 Å². The molecule has 2 heteroatoms. The molecular weight excluding hydrogens is 140 g/mol. The van der Waals surface area contributed by atoms with Crippen molar-refractivity contribution in [2.45, 2.75) is 19.8 Å². The van der Waals surface area contributed by atoms with Gasteiger partial charge in [-0.25, -0.2) is 0 Å². The topological polar surface area (TPSA) is 26.3 Å². The second-order valence-electron chi connectivity index (χ2n) is 2.47. The van der Waals surface area contributed by atoms with Gasteiger partial charge in [0, 0.05) is 6.42 Å². The van der Waals surface area contributed by atoms with Gasteiger partial charge in [0.15, 0.2) is 5.76 Å². The molecule has 0 saturated heterocycles. The monoisotopic (exact) mass is 152 g/mol. The SMILES string of the molecule is CCC1=CCC(=O)C(OC)=C1. The van der Waals surface area contributed by atoms with Crippen LogP contribution in [-0.2, 0) is 9.53 Å². The van der Waals surface area contributed by atoms with Crippen molar-refractivity contribution in [1.29, 1.82) is 0 Å². The van der Waals surface area contributed by atoms with Crippen LogP contribution in [0.2, 0.25) is 0 Å². The maximum Gasteiger partial charge on any atom is 0.201 e. The van der Waals surface area contributed by atoms with Crippen molar-refractivity contribution in [2.24, 2.45) is 0 Å². The zero-order chi connectivity index (χ0) is 8.27. The first-order valence-corrected chi connectivity index (χ1v) is 3.75. The summed E-state index contributed by atoms with van der Waals surface area (Å²) in [5, 5.41) is 0. The lowest BCUT2D eigenvalue weighted by atomic mass is 10.0. The number of Topliss-reactive ketones (excluding diaryl/α,β-unsaturated/α-hetero) is 1. The number of ether oxygens (including phenoxy) is 1. The maximum absolute atomic E-state index is 11.0. The fourth-order valence-electron chi connectivity index (χ4n) is 1.05. The lowest BCUT2D eigenvalue weighted by Crippen LogP contribution is -2.07. The lowest BCUT2D eigenvalue weighted by Gasteiger charge is -2.09. The third-order valence-electron chi connectivity index (χ3n) is 1.77. The van der Waals surface area contributed by atoms with E-state index in [0.29, 0.717) is 12.2 Å². The van der Waals surface area contributed by atoms with Crippen molar-refractivity contribution in [1.82, 2.24) is 0 Å². The number of rotatable bonds is 2. The minimum atomic E-state index is 0.0738. The van der Waals surface area contributed by atoms with E-state index in [-0.39, 0.29) is 5.78 Å². The number of ketones is 1. The lowest BCUT2D eigenvalue weighted by molar-refractivity contribution is -0.117. The highest BCUT2D eigenvalue weighted by atomic mass is 16.5. The van der Waals surface area contributed by atoms with Crippen LogP contribution < -0.4 is 0 Å². The first-order chi connectivity index (χ1) is 5.27. The molecule has 60 valence electrons. The van der Waals surface area contributed by atoms with Gasteiger partial charge in [0.2, 0.25) is 5.78 Å². The molecule has 0 radical (unpaired) electrons. The fourth-order valence-corrected chi connectivity index (χ4v) is 1.05. The number of hydrogen-bond donors (Lipinski definition) is 0. The van der Waals surface area contributed by atoms with Gasteiger partial charge < -0.3 is 4.74 Å². The van der Waals surface area contributed by atoms with Gasteiger partial charge in [0.1, 0.15) is 0 Å². The van der Waals surface area contributed by atoms with Gasteiger partial charge in [0.25, 0.3) is 0 Å². The molecule has 0 heterocycles. The molecule has 1 aliphatic carbocycles. The average Bonchev–Trinajstić information content (AvgIpc) is 2.05. The second-order valence-corrected chi connectivity index (χ2v) is 2.47. The molecule has 0 unspecified atom stereocenters. The van der Waals surface area contributed by atoms with Crippen LogP contribution in [0.3, 0.4) is 0 Å². The third kappa shape index (κ3) is 1.70. The van der Waals surface area contributed by atoms with Gasteiger partial charge in [-0.1, -0.05) is 13.0 Å². The third-order valence-corrected chi connectivity index (χ3v) is 1.77. The number of carbonyl (C=O) groups is 1. The van der Waals surface area contributed by atoms with Gasteiger partial charge in [-0.15, -0.1) is 0 Å². The molecule has 0 aromatic carbocycles. The Labute approximate surface area is 66.5 Å². The van der Waals surface area contributed by atoms with E-state index in [1.54, 1.807) is 0 Å². The molecule has 0 spiro atoms. The quantitative estimate of drug-likeness (QED) is 0.603. The van der Waals surface area contributed by atoms with Crippen molar-refractivity contribution in [3.63, 3.8) is 0 Å². The molecule has 0 saturated carbocycles. The molecule has 1 rings (SSSR count). The van der Waals surface area contributed by atoms with Crippen LogP contribution in [0.4, 0.5) is 0 Å². The molecule has 0 bridgehead atoms. The molecule has 11 heavy (non-hydrogen) atoms. The van der Waals surface area contributed by atoms with Crippen LogP contribution in [0.15, 0.2) is 23.5 Å². The smallest absolute Gasteiger partial charge is 0.201 e. The molecule has 0 aromatic heterocycles.